The van der Waals surface area contributed by atoms with Crippen molar-refractivity contribution in [1.82, 2.24) is 30.7 Å². The first kappa shape index (κ1) is 19.8. The molecular weight excluding hydrogens is 384 g/mol. The number of carbonyl (C=O) groups is 1. The zero-order chi connectivity index (χ0) is 20.8. The lowest BCUT2D eigenvalue weighted by atomic mass is 10.2. The predicted octanol–water partition coefficient (Wildman–Crippen LogP) is 0.247. The van der Waals surface area contributed by atoms with Gasteiger partial charge in [-0.2, -0.15) is 9.78 Å². The zero-order valence-corrected chi connectivity index (χ0v) is 15.6. The van der Waals surface area contributed by atoms with E-state index in [9.17, 15) is 9.90 Å². The van der Waals surface area contributed by atoms with Crippen LogP contribution in [0.1, 0.15) is 28.7 Å². The number of nitrogens with two attached hydrogens (primary N) is 1. The topological polar surface area (TPSA) is 176 Å². The largest absolute Gasteiger partial charge is 0.504 e. The minimum absolute atomic E-state index is 0.00143. The molecule has 4 N–H and O–H groups in total. The lowest BCUT2D eigenvalue weighted by molar-refractivity contribution is 0.0944. The van der Waals surface area contributed by atoms with E-state index in [2.05, 4.69) is 35.8 Å². The molecule has 13 nitrogen and oxygen atoms in total. The van der Waals surface area contributed by atoms with E-state index in [1.807, 2.05) is 0 Å². The van der Waals surface area contributed by atoms with Crippen LogP contribution < -0.4 is 15.9 Å². The summed E-state index contributed by atoms with van der Waals surface area (Å²) in [5.74, 6) is -0.241. The molecule has 0 unspecified atom stereocenters. The van der Waals surface area contributed by atoms with Crippen molar-refractivity contribution in [3.05, 3.63) is 35.2 Å². The van der Waals surface area contributed by atoms with Crippen LogP contribution in [0.2, 0.25) is 0 Å². The van der Waals surface area contributed by atoms with E-state index in [1.54, 1.807) is 19.1 Å². The lowest BCUT2D eigenvalue weighted by Crippen LogP contribution is -2.20. The Kier molecular flexibility index (Phi) is 5.99. The van der Waals surface area contributed by atoms with Crippen molar-refractivity contribution in [3.8, 4) is 17.3 Å². The average Bonchev–Trinajstić information content (AvgIpc) is 3.30. The second kappa shape index (κ2) is 8.79. The summed E-state index contributed by atoms with van der Waals surface area (Å²) >= 11 is 0. The number of hydrogen-bond acceptors (Lipinski definition) is 11. The molecule has 0 bridgehead atoms. The van der Waals surface area contributed by atoms with Crippen LogP contribution in [0.15, 0.2) is 27.9 Å². The Hall–Kier alpha value is -4.00. The summed E-state index contributed by atoms with van der Waals surface area (Å²) in [5.41, 5.74) is 8.87. The number of methoxy groups -OCH3 is 1. The van der Waals surface area contributed by atoms with Crippen molar-refractivity contribution in [1.29, 1.82) is 0 Å². The molecule has 0 aliphatic rings. The van der Waals surface area contributed by atoms with Gasteiger partial charge < -0.3 is 20.3 Å². The standard InChI is InChI=1S/C16H18N8O5/c1-3-28-12-6-9(4-5-11(12)25)7-18-20-16(26)13-10(8-27-2)24(23-19-13)15-14(17)21-29-22-15/h4-7,25H,3,8H2,1-2H3,(H2,17,21)(H,20,26)/b18-7-. The molecule has 2 heterocycles. The number of hydrogen-bond donors (Lipinski definition) is 3. The molecule has 0 aliphatic heterocycles. The number of phenolic OH excluding ortho intramolecular Hbond substituents is 1. The number of nitrogen functional groups attached to an aromatic ring is 1. The fourth-order valence-electron chi connectivity index (χ4n) is 2.35. The minimum atomic E-state index is -0.626. The quantitative estimate of drug-likeness (QED) is 0.349. The number of phenols is 1. The summed E-state index contributed by atoms with van der Waals surface area (Å²) in [6.07, 6.45) is 1.39. The van der Waals surface area contributed by atoms with Crippen LogP contribution in [0.4, 0.5) is 5.82 Å². The zero-order valence-electron chi connectivity index (χ0n) is 15.6. The van der Waals surface area contributed by atoms with E-state index >= 15 is 0 Å². The first-order valence-electron chi connectivity index (χ1n) is 8.36. The third-order valence-corrected chi connectivity index (χ3v) is 3.62. The van der Waals surface area contributed by atoms with E-state index in [1.165, 1.54) is 24.1 Å². The summed E-state index contributed by atoms with van der Waals surface area (Å²) in [6.45, 7) is 2.20. The fourth-order valence-corrected chi connectivity index (χ4v) is 2.35. The molecule has 152 valence electrons. The maximum Gasteiger partial charge on any atom is 0.293 e. The Morgan fingerprint density at radius 2 is 2.28 bits per heavy atom. The number of aromatic hydroxyl groups is 1. The van der Waals surface area contributed by atoms with Gasteiger partial charge >= 0.3 is 0 Å². The highest BCUT2D eigenvalue weighted by molar-refractivity contribution is 5.94. The number of amides is 1. The van der Waals surface area contributed by atoms with Gasteiger partial charge in [0.25, 0.3) is 5.91 Å². The molecule has 3 aromatic rings. The number of carbonyl (C=O) groups excluding carboxylic acids is 1. The van der Waals surface area contributed by atoms with Crippen molar-refractivity contribution in [3.63, 3.8) is 0 Å². The molecule has 13 heteroatoms. The molecule has 1 aromatic carbocycles. The van der Waals surface area contributed by atoms with E-state index < -0.39 is 5.91 Å². The molecule has 0 saturated heterocycles. The number of anilines is 1. The van der Waals surface area contributed by atoms with Gasteiger partial charge in [0.15, 0.2) is 17.2 Å². The van der Waals surface area contributed by atoms with E-state index in [0.717, 1.165) is 0 Å². The monoisotopic (exact) mass is 402 g/mol. The molecule has 0 saturated carbocycles. The summed E-state index contributed by atoms with van der Waals surface area (Å²) in [4.78, 5) is 12.5. The van der Waals surface area contributed by atoms with Gasteiger partial charge in [-0.1, -0.05) is 5.21 Å². The summed E-state index contributed by atoms with van der Waals surface area (Å²) in [7, 11) is 1.45. The van der Waals surface area contributed by atoms with Crippen LogP contribution in [0.3, 0.4) is 0 Å². The van der Waals surface area contributed by atoms with E-state index in [-0.39, 0.29) is 35.4 Å². The average molecular weight is 402 g/mol. The van der Waals surface area contributed by atoms with Gasteiger partial charge in [0.1, 0.15) is 5.69 Å². The Bertz CT molecular complexity index is 1030. The molecule has 0 spiro atoms. The second-order valence-corrected chi connectivity index (χ2v) is 5.56. The molecule has 29 heavy (non-hydrogen) atoms. The number of rotatable bonds is 8. The van der Waals surface area contributed by atoms with Crippen LogP contribution in [0.5, 0.6) is 11.5 Å². The van der Waals surface area contributed by atoms with Gasteiger partial charge in [-0.3, -0.25) is 4.79 Å². The molecule has 0 atom stereocenters. The van der Waals surface area contributed by atoms with Crippen molar-refractivity contribution >= 4 is 17.9 Å². The number of ether oxygens (including phenoxy) is 2. The maximum absolute atomic E-state index is 12.5. The fraction of sp³-hybridized carbons (Fsp3) is 0.250. The summed E-state index contributed by atoms with van der Waals surface area (Å²) in [6, 6.07) is 4.66. The van der Waals surface area contributed by atoms with Crippen LogP contribution in [0, 0.1) is 0 Å². The highest BCUT2D eigenvalue weighted by Crippen LogP contribution is 2.26. The lowest BCUT2D eigenvalue weighted by Gasteiger charge is -2.06. The Labute approximate surface area is 164 Å². The normalized spacial score (nSPS) is 11.1. The van der Waals surface area contributed by atoms with Gasteiger partial charge in [0.2, 0.25) is 11.6 Å². The summed E-state index contributed by atoms with van der Waals surface area (Å²) < 4.78 is 16.1. The number of aromatic nitrogens is 5. The number of benzene rings is 1. The minimum Gasteiger partial charge on any atom is -0.504 e. The smallest absolute Gasteiger partial charge is 0.293 e. The second-order valence-electron chi connectivity index (χ2n) is 5.56. The van der Waals surface area contributed by atoms with Crippen molar-refractivity contribution in [2.24, 2.45) is 5.10 Å². The highest BCUT2D eigenvalue weighted by atomic mass is 16.6. The summed E-state index contributed by atoms with van der Waals surface area (Å²) in [5, 5.41) is 28.4. The number of nitrogens with one attached hydrogen (secondary N) is 1. The van der Waals surface area contributed by atoms with Gasteiger partial charge in [-0.25, -0.2) is 10.1 Å². The van der Waals surface area contributed by atoms with Crippen LogP contribution in [-0.4, -0.2) is 56.3 Å². The van der Waals surface area contributed by atoms with Crippen molar-refractivity contribution < 1.29 is 24.0 Å². The Balaban J connectivity index is 1.77. The predicted molar refractivity (Wildman–Crippen MR) is 98.7 cm³/mol. The first-order chi connectivity index (χ1) is 14.0. The molecule has 0 fully saturated rings. The third-order valence-electron chi connectivity index (χ3n) is 3.62. The molecule has 2 aromatic heterocycles. The number of hydrazone groups is 1. The molecule has 1 amide bonds. The molecule has 0 aliphatic carbocycles. The van der Waals surface area contributed by atoms with Crippen molar-refractivity contribution in [2.75, 3.05) is 19.5 Å². The molecule has 3 rings (SSSR count). The molecular formula is C16H18N8O5. The maximum atomic E-state index is 12.5. The van der Waals surface area contributed by atoms with Crippen LogP contribution in [-0.2, 0) is 11.3 Å². The van der Waals surface area contributed by atoms with Gasteiger partial charge in [0, 0.05) is 7.11 Å². The van der Waals surface area contributed by atoms with Crippen LogP contribution in [0.25, 0.3) is 5.82 Å². The molecule has 0 radical (unpaired) electrons. The van der Waals surface area contributed by atoms with Crippen LogP contribution >= 0.6 is 0 Å². The Morgan fingerprint density at radius 3 is 2.97 bits per heavy atom. The third kappa shape index (κ3) is 4.30. The van der Waals surface area contributed by atoms with Gasteiger partial charge in [-0.15, -0.1) is 5.10 Å². The number of nitrogens with zero attached hydrogens (tertiary/aromatic N) is 6. The Morgan fingerprint density at radius 1 is 1.45 bits per heavy atom. The van der Waals surface area contributed by atoms with Gasteiger partial charge in [0.05, 0.1) is 19.4 Å². The highest BCUT2D eigenvalue weighted by Gasteiger charge is 2.23. The first-order valence-corrected chi connectivity index (χ1v) is 8.36. The van der Waals surface area contributed by atoms with Gasteiger partial charge in [-0.05, 0) is 41.0 Å². The van der Waals surface area contributed by atoms with Crippen molar-refractivity contribution in [2.45, 2.75) is 13.5 Å². The van der Waals surface area contributed by atoms with E-state index in [0.29, 0.717) is 17.9 Å². The van der Waals surface area contributed by atoms with E-state index in [4.69, 9.17) is 15.2 Å². The SMILES string of the molecule is CCOc1cc(/C=N\NC(=O)c2nnn(-c3nonc3N)c2COC)ccc1O.